The first-order valence-corrected chi connectivity index (χ1v) is 8.13. The molecule has 0 unspecified atom stereocenters. The minimum Gasteiger partial charge on any atom is -0.449 e. The highest BCUT2D eigenvalue weighted by Crippen LogP contribution is 2.46. The maximum absolute atomic E-state index is 14.1. The Morgan fingerprint density at radius 2 is 1.74 bits per heavy atom. The Morgan fingerprint density at radius 3 is 2.29 bits per heavy atom. The van der Waals surface area contributed by atoms with E-state index in [2.05, 4.69) is 14.7 Å². The van der Waals surface area contributed by atoms with Crippen molar-refractivity contribution in [3.63, 3.8) is 0 Å². The van der Waals surface area contributed by atoms with E-state index in [0.29, 0.717) is 6.07 Å². The summed E-state index contributed by atoms with van der Waals surface area (Å²) in [5.41, 5.74) is -5.34. The van der Waals surface area contributed by atoms with Crippen molar-refractivity contribution < 1.29 is 44.3 Å². The normalized spacial score (nSPS) is 12.8. The lowest BCUT2D eigenvalue weighted by Crippen LogP contribution is -2.36. The first kappa shape index (κ1) is 22.5. The zero-order chi connectivity index (χ0) is 23.2. The second kappa shape index (κ2) is 7.51. The topological polar surface area (TPSA) is 81.0 Å². The molecule has 3 aromatic rings. The highest BCUT2D eigenvalue weighted by molar-refractivity contribution is 6.31. The molecule has 0 saturated heterocycles. The van der Waals surface area contributed by atoms with Crippen LogP contribution >= 0.6 is 11.6 Å². The number of hydrogen-bond donors (Lipinski definition) is 1. The molecule has 1 aromatic carbocycles. The molecule has 0 atom stereocenters. The SMILES string of the molecule is O=c1[nH]c(-c2ncco2)nc(C(F)(F)C(F)(F)F)c1Oc1ccc(Cl)c(C(F)(F)F)c1. The Kier molecular flexibility index (Phi) is 5.46. The molecule has 166 valence electrons. The molecule has 0 aliphatic carbocycles. The van der Waals surface area contributed by atoms with E-state index in [1.807, 2.05) is 4.98 Å². The van der Waals surface area contributed by atoms with Crippen LogP contribution in [0.1, 0.15) is 11.3 Å². The molecule has 1 N–H and O–H groups in total. The van der Waals surface area contributed by atoms with E-state index in [1.54, 1.807) is 0 Å². The Bertz CT molecular complexity index is 1160. The fourth-order valence-corrected chi connectivity index (χ4v) is 2.47. The minimum atomic E-state index is -6.23. The van der Waals surface area contributed by atoms with Crippen LogP contribution in [-0.4, -0.2) is 21.1 Å². The van der Waals surface area contributed by atoms with Gasteiger partial charge in [-0.05, 0) is 18.2 Å². The first-order valence-electron chi connectivity index (χ1n) is 7.75. The predicted octanol–water partition coefficient (Wildman–Crippen LogP) is 5.54. The van der Waals surface area contributed by atoms with Crippen LogP contribution in [0.2, 0.25) is 5.02 Å². The number of nitrogens with one attached hydrogen (secondary N) is 1. The molecule has 0 aliphatic rings. The van der Waals surface area contributed by atoms with Crippen LogP contribution in [0.15, 0.2) is 39.9 Å². The third kappa shape index (κ3) is 4.33. The van der Waals surface area contributed by atoms with E-state index in [9.17, 15) is 39.9 Å². The quantitative estimate of drug-likeness (QED) is 0.501. The molecule has 31 heavy (non-hydrogen) atoms. The van der Waals surface area contributed by atoms with Gasteiger partial charge in [-0.15, -0.1) is 0 Å². The Balaban J connectivity index is 2.20. The number of halogens is 9. The summed E-state index contributed by atoms with van der Waals surface area (Å²) in [5, 5.41) is -0.799. The molecule has 6 nitrogen and oxygen atoms in total. The van der Waals surface area contributed by atoms with Crippen molar-refractivity contribution in [3.8, 4) is 23.2 Å². The van der Waals surface area contributed by atoms with Gasteiger partial charge in [0.15, 0.2) is 11.5 Å². The van der Waals surface area contributed by atoms with Crippen LogP contribution in [0.5, 0.6) is 11.5 Å². The number of hydrogen-bond acceptors (Lipinski definition) is 5. The van der Waals surface area contributed by atoms with Crippen LogP contribution in [0.3, 0.4) is 0 Å². The van der Waals surface area contributed by atoms with Crippen LogP contribution in [0.25, 0.3) is 11.7 Å². The Morgan fingerprint density at radius 1 is 1.06 bits per heavy atom. The molecule has 0 spiro atoms. The fraction of sp³-hybridized carbons (Fsp3) is 0.188. The number of aromatic amines is 1. The van der Waals surface area contributed by atoms with E-state index in [0.717, 1.165) is 18.5 Å². The van der Waals surface area contributed by atoms with Gasteiger partial charge in [-0.2, -0.15) is 35.1 Å². The lowest BCUT2D eigenvalue weighted by molar-refractivity contribution is -0.291. The van der Waals surface area contributed by atoms with E-state index in [4.69, 9.17) is 16.0 Å². The molecule has 0 radical (unpaired) electrons. The van der Waals surface area contributed by atoms with Gasteiger partial charge in [0.2, 0.25) is 5.75 Å². The zero-order valence-electron chi connectivity index (χ0n) is 14.4. The van der Waals surface area contributed by atoms with Crippen molar-refractivity contribution in [3.05, 3.63) is 57.3 Å². The number of nitrogens with zero attached hydrogens (tertiary/aromatic N) is 2. The van der Waals surface area contributed by atoms with Gasteiger partial charge in [0.05, 0.1) is 16.8 Å². The summed E-state index contributed by atoms with van der Waals surface area (Å²) in [7, 11) is 0. The second-order valence-corrected chi connectivity index (χ2v) is 6.15. The van der Waals surface area contributed by atoms with Gasteiger partial charge in [-0.25, -0.2) is 9.97 Å². The molecule has 15 heteroatoms. The van der Waals surface area contributed by atoms with E-state index in [-0.39, 0.29) is 6.07 Å². The number of alkyl halides is 8. The third-order valence-corrected chi connectivity index (χ3v) is 3.96. The third-order valence-electron chi connectivity index (χ3n) is 3.63. The number of H-pyrrole nitrogens is 1. The molecular weight excluding hydrogens is 470 g/mol. The van der Waals surface area contributed by atoms with E-state index >= 15 is 0 Å². The number of ether oxygens (including phenoxy) is 1. The summed E-state index contributed by atoms with van der Waals surface area (Å²) in [6, 6.07) is 1.61. The average molecular weight is 476 g/mol. The van der Waals surface area contributed by atoms with Crippen molar-refractivity contribution in [2.75, 3.05) is 0 Å². The van der Waals surface area contributed by atoms with Crippen molar-refractivity contribution in [1.82, 2.24) is 15.0 Å². The molecule has 0 fully saturated rings. The molecule has 2 heterocycles. The van der Waals surface area contributed by atoms with Crippen molar-refractivity contribution in [2.24, 2.45) is 0 Å². The van der Waals surface area contributed by atoms with E-state index in [1.165, 1.54) is 0 Å². The highest BCUT2D eigenvalue weighted by atomic mass is 35.5. The smallest absolute Gasteiger partial charge is 0.449 e. The largest absolute Gasteiger partial charge is 0.459 e. The Labute approximate surface area is 170 Å². The summed E-state index contributed by atoms with van der Waals surface area (Å²) in [6.07, 6.45) is -9.31. The Hall–Kier alpha value is -3.16. The lowest BCUT2D eigenvalue weighted by Gasteiger charge is -2.21. The van der Waals surface area contributed by atoms with Gasteiger partial charge in [0.1, 0.15) is 12.0 Å². The number of aromatic nitrogens is 3. The van der Waals surface area contributed by atoms with E-state index < -0.39 is 63.3 Å². The summed E-state index contributed by atoms with van der Waals surface area (Å²) in [4.78, 5) is 20.6. The predicted molar refractivity (Wildman–Crippen MR) is 86.8 cm³/mol. The number of oxazole rings is 1. The second-order valence-electron chi connectivity index (χ2n) is 5.74. The van der Waals surface area contributed by atoms with Crippen LogP contribution in [-0.2, 0) is 12.1 Å². The minimum absolute atomic E-state index is 0.222. The van der Waals surface area contributed by atoms with Crippen LogP contribution < -0.4 is 10.3 Å². The summed E-state index contributed by atoms with van der Waals surface area (Å²) < 4.78 is 115. The number of rotatable bonds is 4. The van der Waals surface area contributed by atoms with Gasteiger partial charge in [0.25, 0.3) is 11.4 Å². The van der Waals surface area contributed by atoms with Crippen molar-refractivity contribution >= 4 is 11.6 Å². The molecule has 0 saturated carbocycles. The first-order chi connectivity index (χ1) is 14.2. The molecule has 0 amide bonds. The molecule has 3 rings (SSSR count). The lowest BCUT2D eigenvalue weighted by atomic mass is 10.2. The van der Waals surface area contributed by atoms with Crippen molar-refractivity contribution in [2.45, 2.75) is 18.3 Å². The highest BCUT2D eigenvalue weighted by Gasteiger charge is 2.62. The molecule has 2 aromatic heterocycles. The summed E-state index contributed by atoms with van der Waals surface area (Å²) in [6.45, 7) is 0. The van der Waals surface area contributed by atoms with Gasteiger partial charge < -0.3 is 9.15 Å². The average Bonchev–Trinajstić information content (AvgIpc) is 3.17. The zero-order valence-corrected chi connectivity index (χ0v) is 15.2. The molecular formula is C16H6ClF8N3O3. The van der Waals surface area contributed by atoms with Gasteiger partial charge >= 0.3 is 18.3 Å². The monoisotopic (exact) mass is 475 g/mol. The van der Waals surface area contributed by atoms with Crippen LogP contribution in [0, 0.1) is 0 Å². The molecule has 0 aliphatic heterocycles. The summed E-state index contributed by atoms with van der Waals surface area (Å²) in [5.74, 6) is -9.81. The van der Waals surface area contributed by atoms with Gasteiger partial charge in [0, 0.05) is 0 Å². The van der Waals surface area contributed by atoms with Gasteiger partial charge in [-0.1, -0.05) is 11.6 Å². The number of benzene rings is 1. The molecule has 0 bridgehead atoms. The summed E-state index contributed by atoms with van der Waals surface area (Å²) >= 11 is 5.41. The van der Waals surface area contributed by atoms with Crippen molar-refractivity contribution in [1.29, 1.82) is 0 Å². The van der Waals surface area contributed by atoms with Gasteiger partial charge in [-0.3, -0.25) is 9.78 Å². The fourth-order valence-electron chi connectivity index (χ4n) is 2.25. The van der Waals surface area contributed by atoms with Crippen LogP contribution in [0.4, 0.5) is 35.1 Å². The maximum Gasteiger partial charge on any atom is 0.459 e. The standard InChI is InChI=1S/C16H6ClF8N3O3/c17-8-2-1-6(5-7(8)15(20,21)22)31-9-10(14(18,19)16(23,24)25)27-11(28-12(9)29)13-26-3-4-30-13/h1-5H,(H,27,28,29). The maximum atomic E-state index is 14.1.